The van der Waals surface area contributed by atoms with Crippen LogP contribution in [-0.4, -0.2) is 39.6 Å². The summed E-state index contributed by atoms with van der Waals surface area (Å²) in [5.41, 5.74) is 2.72. The molecule has 27 heavy (non-hydrogen) atoms. The number of aromatic amines is 1. The van der Waals surface area contributed by atoms with Gasteiger partial charge >= 0.3 is 0 Å². The Bertz CT molecular complexity index is 827. The fraction of sp³-hybridized carbons (Fsp3) is 0.476. The number of likely N-dealkylation sites (tertiary alicyclic amines) is 1. The topological polar surface area (TPSA) is 66.1 Å². The van der Waals surface area contributed by atoms with Gasteiger partial charge in [-0.1, -0.05) is 49.0 Å². The zero-order valence-electron chi connectivity index (χ0n) is 16.0. The molecule has 0 atom stereocenters. The van der Waals surface area contributed by atoms with Gasteiger partial charge in [0.25, 0.3) is 5.56 Å². The number of nitrogens with zero attached hydrogens (tertiary/aromatic N) is 2. The molecule has 2 aromatic rings. The molecule has 0 aliphatic carbocycles. The van der Waals surface area contributed by atoms with E-state index >= 15 is 0 Å². The molecule has 0 spiro atoms. The molecule has 1 aromatic carbocycles. The van der Waals surface area contributed by atoms with E-state index in [1.54, 1.807) is 6.92 Å². The standard InChI is InChI=1S/C21H27N3O2S/c1-3-18-15(2)20(26)23-21(22-18)27-14-19(25)24-11-9-17(10-12-24)13-16-7-5-4-6-8-16/h4-8,17H,3,9-14H2,1-2H3,(H,22,23,26). The van der Waals surface area contributed by atoms with Crippen LogP contribution < -0.4 is 5.56 Å². The number of amides is 1. The van der Waals surface area contributed by atoms with Gasteiger partial charge in [-0.05, 0) is 44.1 Å². The number of benzene rings is 1. The van der Waals surface area contributed by atoms with Crippen molar-refractivity contribution in [3.63, 3.8) is 0 Å². The van der Waals surface area contributed by atoms with Gasteiger partial charge in [-0.3, -0.25) is 9.59 Å². The molecule has 0 saturated carbocycles. The maximum Gasteiger partial charge on any atom is 0.254 e. The minimum Gasteiger partial charge on any atom is -0.342 e. The van der Waals surface area contributed by atoms with Gasteiger partial charge in [0.05, 0.1) is 11.4 Å². The third kappa shape index (κ3) is 5.22. The van der Waals surface area contributed by atoms with Crippen molar-refractivity contribution >= 4 is 17.7 Å². The second-order valence-electron chi connectivity index (χ2n) is 7.10. The molecule has 1 aliphatic rings. The summed E-state index contributed by atoms with van der Waals surface area (Å²) in [5.74, 6) is 1.09. The number of thioether (sulfide) groups is 1. The van der Waals surface area contributed by atoms with Crippen LogP contribution in [0.25, 0.3) is 0 Å². The Balaban J connectivity index is 1.48. The summed E-state index contributed by atoms with van der Waals surface area (Å²) in [5, 5.41) is 0.537. The Morgan fingerprint density at radius 2 is 1.96 bits per heavy atom. The van der Waals surface area contributed by atoms with Crippen molar-refractivity contribution < 1.29 is 4.79 Å². The first-order valence-corrected chi connectivity index (χ1v) is 10.6. The minimum absolute atomic E-state index is 0.112. The fourth-order valence-electron chi connectivity index (χ4n) is 3.52. The molecule has 0 bridgehead atoms. The van der Waals surface area contributed by atoms with Crippen LogP contribution in [0.5, 0.6) is 0 Å². The zero-order chi connectivity index (χ0) is 19.2. The van der Waals surface area contributed by atoms with E-state index < -0.39 is 0 Å². The molecule has 1 N–H and O–H groups in total. The predicted octanol–water partition coefficient (Wildman–Crippen LogP) is 3.21. The normalized spacial score (nSPS) is 15.1. The second kappa shape index (κ2) is 9.22. The summed E-state index contributed by atoms with van der Waals surface area (Å²) in [7, 11) is 0. The van der Waals surface area contributed by atoms with E-state index in [4.69, 9.17) is 0 Å². The number of H-pyrrole nitrogens is 1. The summed E-state index contributed by atoms with van der Waals surface area (Å²) in [4.78, 5) is 33.7. The first kappa shape index (κ1) is 19.7. The Morgan fingerprint density at radius 1 is 1.26 bits per heavy atom. The average molecular weight is 386 g/mol. The van der Waals surface area contributed by atoms with Crippen molar-refractivity contribution in [1.82, 2.24) is 14.9 Å². The SMILES string of the molecule is CCc1nc(SCC(=O)N2CCC(Cc3ccccc3)CC2)[nH]c(=O)c1C. The van der Waals surface area contributed by atoms with Crippen molar-refractivity contribution in [2.24, 2.45) is 5.92 Å². The molecule has 1 saturated heterocycles. The van der Waals surface area contributed by atoms with Gasteiger partial charge < -0.3 is 9.88 Å². The summed E-state index contributed by atoms with van der Waals surface area (Å²) >= 11 is 1.32. The maximum absolute atomic E-state index is 12.5. The van der Waals surface area contributed by atoms with Crippen LogP contribution in [0, 0.1) is 12.8 Å². The zero-order valence-corrected chi connectivity index (χ0v) is 16.8. The Labute approximate surface area is 164 Å². The van der Waals surface area contributed by atoms with Crippen molar-refractivity contribution in [2.45, 2.75) is 44.7 Å². The summed E-state index contributed by atoms with van der Waals surface area (Å²) in [6.07, 6.45) is 3.90. The maximum atomic E-state index is 12.5. The van der Waals surface area contributed by atoms with E-state index in [-0.39, 0.29) is 11.5 Å². The molecule has 0 radical (unpaired) electrons. The predicted molar refractivity (Wildman–Crippen MR) is 109 cm³/mol. The van der Waals surface area contributed by atoms with Crippen LogP contribution in [0.15, 0.2) is 40.3 Å². The third-order valence-electron chi connectivity index (χ3n) is 5.23. The fourth-order valence-corrected chi connectivity index (χ4v) is 4.31. The van der Waals surface area contributed by atoms with E-state index in [0.717, 1.165) is 38.0 Å². The van der Waals surface area contributed by atoms with Gasteiger partial charge in [-0.25, -0.2) is 4.98 Å². The highest BCUT2D eigenvalue weighted by Gasteiger charge is 2.23. The number of hydrogen-bond donors (Lipinski definition) is 1. The lowest BCUT2D eigenvalue weighted by Gasteiger charge is -2.32. The molecule has 1 aromatic heterocycles. The number of carbonyl (C=O) groups excluding carboxylic acids is 1. The minimum atomic E-state index is -0.112. The molecule has 6 heteroatoms. The van der Waals surface area contributed by atoms with Crippen LogP contribution in [0.3, 0.4) is 0 Å². The molecule has 1 amide bonds. The monoisotopic (exact) mass is 385 g/mol. The van der Waals surface area contributed by atoms with Crippen LogP contribution in [0.2, 0.25) is 0 Å². The first-order valence-electron chi connectivity index (χ1n) is 9.61. The summed E-state index contributed by atoms with van der Waals surface area (Å²) in [6.45, 7) is 5.39. The highest BCUT2D eigenvalue weighted by Crippen LogP contribution is 2.23. The van der Waals surface area contributed by atoms with Gasteiger partial charge in [0.1, 0.15) is 0 Å². The number of aromatic nitrogens is 2. The van der Waals surface area contributed by atoms with Gasteiger partial charge in [-0.2, -0.15) is 0 Å². The largest absolute Gasteiger partial charge is 0.342 e. The number of carbonyl (C=O) groups is 1. The second-order valence-corrected chi connectivity index (χ2v) is 8.06. The van der Waals surface area contributed by atoms with Crippen molar-refractivity contribution in [2.75, 3.05) is 18.8 Å². The van der Waals surface area contributed by atoms with Gasteiger partial charge in [0, 0.05) is 18.7 Å². The van der Waals surface area contributed by atoms with Gasteiger partial charge in [0.2, 0.25) is 5.91 Å². The molecule has 3 rings (SSSR count). The van der Waals surface area contributed by atoms with Crippen molar-refractivity contribution in [3.05, 3.63) is 57.5 Å². The molecule has 0 unspecified atom stereocenters. The molecular formula is C21H27N3O2S. The van der Waals surface area contributed by atoms with E-state index in [0.29, 0.717) is 28.8 Å². The molecule has 2 heterocycles. The number of aryl methyl sites for hydroxylation is 1. The third-order valence-corrected chi connectivity index (χ3v) is 6.09. The van der Waals surface area contributed by atoms with Gasteiger partial charge in [-0.15, -0.1) is 0 Å². The number of piperidine rings is 1. The smallest absolute Gasteiger partial charge is 0.254 e. The Kier molecular flexibility index (Phi) is 6.72. The first-order chi connectivity index (χ1) is 13.1. The number of nitrogens with one attached hydrogen (secondary N) is 1. The Morgan fingerprint density at radius 3 is 2.63 bits per heavy atom. The molecule has 144 valence electrons. The molecule has 1 fully saturated rings. The van der Waals surface area contributed by atoms with E-state index in [2.05, 4.69) is 34.2 Å². The molecule has 5 nitrogen and oxygen atoms in total. The molecular weight excluding hydrogens is 358 g/mol. The van der Waals surface area contributed by atoms with Crippen LogP contribution in [0.4, 0.5) is 0 Å². The number of rotatable bonds is 6. The number of hydrogen-bond acceptors (Lipinski definition) is 4. The Hall–Kier alpha value is -2.08. The van der Waals surface area contributed by atoms with Crippen molar-refractivity contribution in [3.8, 4) is 0 Å². The van der Waals surface area contributed by atoms with Crippen LogP contribution >= 0.6 is 11.8 Å². The lowest BCUT2D eigenvalue weighted by molar-refractivity contribution is -0.129. The summed E-state index contributed by atoms with van der Waals surface area (Å²) in [6, 6.07) is 10.6. The van der Waals surface area contributed by atoms with Gasteiger partial charge in [0.15, 0.2) is 5.16 Å². The average Bonchev–Trinajstić information content (AvgIpc) is 2.70. The molecule has 1 aliphatic heterocycles. The van der Waals surface area contributed by atoms with Crippen LogP contribution in [0.1, 0.15) is 36.6 Å². The lowest BCUT2D eigenvalue weighted by atomic mass is 9.90. The van der Waals surface area contributed by atoms with Crippen LogP contribution in [-0.2, 0) is 17.6 Å². The highest BCUT2D eigenvalue weighted by molar-refractivity contribution is 7.99. The van der Waals surface area contributed by atoms with E-state index in [1.165, 1.54) is 17.3 Å². The highest BCUT2D eigenvalue weighted by atomic mass is 32.2. The van der Waals surface area contributed by atoms with E-state index in [9.17, 15) is 9.59 Å². The van der Waals surface area contributed by atoms with E-state index in [1.807, 2.05) is 17.9 Å². The lowest BCUT2D eigenvalue weighted by Crippen LogP contribution is -2.39. The summed E-state index contributed by atoms with van der Waals surface area (Å²) < 4.78 is 0. The van der Waals surface area contributed by atoms with Crippen molar-refractivity contribution in [1.29, 1.82) is 0 Å². The quantitative estimate of drug-likeness (QED) is 0.612.